The molecule has 0 aliphatic rings. The molecule has 0 heterocycles. The molecule has 0 aliphatic carbocycles. The van der Waals surface area contributed by atoms with E-state index >= 15 is 0 Å². The minimum Gasteiger partial charge on any atom is -0.325 e. The van der Waals surface area contributed by atoms with E-state index in [4.69, 9.17) is 16.9 Å². The van der Waals surface area contributed by atoms with E-state index in [1.807, 2.05) is 18.7 Å². The number of amides is 1. The van der Waals surface area contributed by atoms with Crippen LogP contribution in [-0.2, 0) is 4.79 Å². The highest BCUT2D eigenvalue weighted by atomic mass is 35.5. The van der Waals surface area contributed by atoms with Crippen LogP contribution in [0.4, 0.5) is 5.69 Å². The Balaban J connectivity index is 2.52. The lowest BCUT2D eigenvalue weighted by atomic mass is 10.2. The lowest BCUT2D eigenvalue weighted by Crippen LogP contribution is -2.35. The zero-order chi connectivity index (χ0) is 14.3. The van der Waals surface area contributed by atoms with Crippen molar-refractivity contribution < 1.29 is 4.79 Å². The van der Waals surface area contributed by atoms with Gasteiger partial charge in [-0.15, -0.1) is 0 Å². The first kappa shape index (κ1) is 15.5. The maximum absolute atomic E-state index is 11.9. The number of likely N-dealkylation sites (N-methyl/N-ethyl adjacent to an activating group) is 1. The van der Waals surface area contributed by atoms with Crippen LogP contribution >= 0.6 is 11.6 Å². The highest BCUT2D eigenvalue weighted by molar-refractivity contribution is 6.30. The first-order chi connectivity index (χ1) is 9.05. The van der Waals surface area contributed by atoms with Gasteiger partial charge in [-0.3, -0.25) is 9.69 Å². The standard InChI is InChI=1S/C14H18ClN3O/c1-3-18(9-11(2)8-16)10-14(19)17-13-6-4-5-12(15)7-13/h4-7,11H,3,9-10H2,1-2H3,(H,17,19). The summed E-state index contributed by atoms with van der Waals surface area (Å²) in [6, 6.07) is 9.20. The molecule has 0 bridgehead atoms. The van der Waals surface area contributed by atoms with Gasteiger partial charge in [0.1, 0.15) is 0 Å². The Morgan fingerprint density at radius 3 is 2.89 bits per heavy atom. The smallest absolute Gasteiger partial charge is 0.238 e. The van der Waals surface area contributed by atoms with E-state index < -0.39 is 0 Å². The van der Waals surface area contributed by atoms with Crippen molar-refractivity contribution in [1.82, 2.24) is 4.90 Å². The van der Waals surface area contributed by atoms with Crippen molar-refractivity contribution >= 4 is 23.2 Å². The molecule has 102 valence electrons. The molecule has 1 atom stereocenters. The van der Waals surface area contributed by atoms with Crippen molar-refractivity contribution in [1.29, 1.82) is 5.26 Å². The molecule has 0 aliphatic heterocycles. The summed E-state index contributed by atoms with van der Waals surface area (Å²) in [5.41, 5.74) is 0.682. The van der Waals surface area contributed by atoms with Gasteiger partial charge in [-0.05, 0) is 31.7 Å². The van der Waals surface area contributed by atoms with Gasteiger partial charge in [0.15, 0.2) is 0 Å². The molecule has 1 unspecified atom stereocenters. The van der Waals surface area contributed by atoms with E-state index in [0.29, 0.717) is 17.3 Å². The number of rotatable bonds is 6. The van der Waals surface area contributed by atoms with Crippen LogP contribution in [0.2, 0.25) is 5.02 Å². The van der Waals surface area contributed by atoms with E-state index in [2.05, 4.69) is 11.4 Å². The third-order valence-electron chi connectivity index (χ3n) is 2.68. The number of nitrogens with zero attached hydrogens (tertiary/aromatic N) is 2. The van der Waals surface area contributed by atoms with E-state index in [9.17, 15) is 4.79 Å². The minimum absolute atomic E-state index is 0.0843. The Morgan fingerprint density at radius 2 is 2.32 bits per heavy atom. The van der Waals surface area contributed by atoms with Crippen LogP contribution in [-0.4, -0.2) is 30.4 Å². The van der Waals surface area contributed by atoms with Gasteiger partial charge in [-0.2, -0.15) is 5.26 Å². The highest BCUT2D eigenvalue weighted by Gasteiger charge is 2.12. The first-order valence-corrected chi connectivity index (χ1v) is 6.60. The predicted octanol–water partition coefficient (Wildman–Crippen LogP) is 2.76. The fourth-order valence-electron chi connectivity index (χ4n) is 1.70. The summed E-state index contributed by atoms with van der Waals surface area (Å²) in [5, 5.41) is 12.2. The van der Waals surface area contributed by atoms with Crippen LogP contribution in [0, 0.1) is 17.2 Å². The second-order valence-electron chi connectivity index (χ2n) is 4.42. The first-order valence-electron chi connectivity index (χ1n) is 6.22. The van der Waals surface area contributed by atoms with Gasteiger partial charge in [0.2, 0.25) is 5.91 Å². The molecule has 0 radical (unpaired) electrons. The van der Waals surface area contributed by atoms with E-state index in [1.165, 1.54) is 0 Å². The normalized spacial score (nSPS) is 11.9. The van der Waals surface area contributed by atoms with Crippen molar-refractivity contribution in [3.8, 4) is 6.07 Å². The Bertz CT molecular complexity index is 470. The minimum atomic E-state index is -0.103. The summed E-state index contributed by atoms with van der Waals surface area (Å²) in [6.07, 6.45) is 0. The molecule has 0 spiro atoms. The number of benzene rings is 1. The van der Waals surface area contributed by atoms with Crippen LogP contribution in [0.25, 0.3) is 0 Å². The van der Waals surface area contributed by atoms with Gasteiger partial charge in [0.05, 0.1) is 18.5 Å². The van der Waals surface area contributed by atoms with Crippen molar-refractivity contribution in [2.24, 2.45) is 5.92 Å². The average molecular weight is 280 g/mol. The number of anilines is 1. The summed E-state index contributed by atoms with van der Waals surface area (Å²) >= 11 is 5.85. The van der Waals surface area contributed by atoms with Crippen molar-refractivity contribution in [3.63, 3.8) is 0 Å². The fraction of sp³-hybridized carbons (Fsp3) is 0.429. The lowest BCUT2D eigenvalue weighted by molar-refractivity contribution is -0.117. The number of carbonyl (C=O) groups is 1. The molecule has 5 heteroatoms. The van der Waals surface area contributed by atoms with Crippen LogP contribution in [0.5, 0.6) is 0 Å². The van der Waals surface area contributed by atoms with Gasteiger partial charge < -0.3 is 5.32 Å². The van der Waals surface area contributed by atoms with Gasteiger partial charge in [-0.1, -0.05) is 24.6 Å². The molecular weight excluding hydrogens is 262 g/mol. The Kier molecular flexibility index (Phi) is 6.34. The van der Waals surface area contributed by atoms with E-state index in [0.717, 1.165) is 6.54 Å². The summed E-state index contributed by atoms with van der Waals surface area (Å²) < 4.78 is 0. The third-order valence-corrected chi connectivity index (χ3v) is 2.91. The maximum atomic E-state index is 11.9. The Morgan fingerprint density at radius 1 is 1.58 bits per heavy atom. The number of nitrogens with one attached hydrogen (secondary N) is 1. The van der Waals surface area contributed by atoms with Gasteiger partial charge in [0, 0.05) is 17.3 Å². The molecule has 1 rings (SSSR count). The number of nitriles is 1. The monoisotopic (exact) mass is 279 g/mol. The van der Waals surface area contributed by atoms with Crippen LogP contribution in [0.1, 0.15) is 13.8 Å². The molecule has 0 fully saturated rings. The predicted molar refractivity (Wildman–Crippen MR) is 77.0 cm³/mol. The molecule has 4 nitrogen and oxygen atoms in total. The van der Waals surface area contributed by atoms with Gasteiger partial charge in [-0.25, -0.2) is 0 Å². The van der Waals surface area contributed by atoms with Crippen molar-refractivity contribution in [2.45, 2.75) is 13.8 Å². The van der Waals surface area contributed by atoms with Gasteiger partial charge >= 0.3 is 0 Å². The number of carbonyl (C=O) groups excluding carboxylic acids is 1. The molecule has 1 amide bonds. The quantitative estimate of drug-likeness (QED) is 0.871. The highest BCUT2D eigenvalue weighted by Crippen LogP contribution is 2.14. The second-order valence-corrected chi connectivity index (χ2v) is 4.85. The molecule has 0 saturated carbocycles. The molecule has 1 aromatic rings. The zero-order valence-corrected chi connectivity index (χ0v) is 11.9. The third kappa shape index (κ3) is 5.73. The van der Waals surface area contributed by atoms with E-state index in [-0.39, 0.29) is 18.4 Å². The summed E-state index contributed by atoms with van der Waals surface area (Å²) in [5.74, 6) is -0.187. The largest absolute Gasteiger partial charge is 0.325 e. The fourth-order valence-corrected chi connectivity index (χ4v) is 1.89. The van der Waals surface area contributed by atoms with Crippen LogP contribution in [0.3, 0.4) is 0 Å². The molecule has 1 N–H and O–H groups in total. The summed E-state index contributed by atoms with van der Waals surface area (Å²) in [6.45, 7) is 5.41. The number of halogens is 1. The second kappa shape index (κ2) is 7.78. The number of hydrogen-bond acceptors (Lipinski definition) is 3. The van der Waals surface area contributed by atoms with Crippen LogP contribution < -0.4 is 5.32 Å². The van der Waals surface area contributed by atoms with Crippen molar-refractivity contribution in [2.75, 3.05) is 25.0 Å². The zero-order valence-electron chi connectivity index (χ0n) is 11.2. The maximum Gasteiger partial charge on any atom is 0.238 e. The number of hydrogen-bond donors (Lipinski definition) is 1. The van der Waals surface area contributed by atoms with E-state index in [1.54, 1.807) is 24.3 Å². The van der Waals surface area contributed by atoms with Crippen LogP contribution in [0.15, 0.2) is 24.3 Å². The summed E-state index contributed by atoms with van der Waals surface area (Å²) in [7, 11) is 0. The topological polar surface area (TPSA) is 56.1 Å². The molecule has 1 aromatic carbocycles. The lowest BCUT2D eigenvalue weighted by Gasteiger charge is -2.20. The summed E-state index contributed by atoms with van der Waals surface area (Å²) in [4.78, 5) is 13.8. The average Bonchev–Trinajstić information content (AvgIpc) is 2.37. The molecule has 0 aromatic heterocycles. The SMILES string of the molecule is CCN(CC(=O)Nc1cccc(Cl)c1)CC(C)C#N. The Hall–Kier alpha value is -1.57. The molecule has 0 saturated heterocycles. The van der Waals surface area contributed by atoms with Gasteiger partial charge in [0.25, 0.3) is 0 Å². The molecular formula is C14H18ClN3O. The Labute approximate surface area is 119 Å². The molecule has 19 heavy (non-hydrogen) atoms. The van der Waals surface area contributed by atoms with Crippen molar-refractivity contribution in [3.05, 3.63) is 29.3 Å².